The number of anilines is 1. The summed E-state index contributed by atoms with van der Waals surface area (Å²) in [6.45, 7) is 3.64. The molecule has 0 aromatic heterocycles. The Morgan fingerprint density at radius 3 is 2.68 bits per heavy atom. The van der Waals surface area contributed by atoms with Crippen LogP contribution in [0, 0.1) is 0 Å². The van der Waals surface area contributed by atoms with Gasteiger partial charge in [0.25, 0.3) is 0 Å². The van der Waals surface area contributed by atoms with Crippen LogP contribution in [-0.4, -0.2) is 30.6 Å². The summed E-state index contributed by atoms with van der Waals surface area (Å²) in [4.78, 5) is 14.3. The topological polar surface area (TPSA) is 44.4 Å². The highest BCUT2D eigenvalue weighted by molar-refractivity contribution is 5.90. The number of hydrogen-bond donors (Lipinski definition) is 2. The molecule has 0 atom stereocenters. The van der Waals surface area contributed by atoms with Crippen LogP contribution < -0.4 is 10.6 Å². The number of rotatable bonds is 6. The van der Waals surface area contributed by atoms with E-state index < -0.39 is 0 Å². The molecule has 0 heterocycles. The second-order valence-electron chi connectivity index (χ2n) is 6.24. The maximum atomic E-state index is 11.9. The summed E-state index contributed by atoms with van der Waals surface area (Å²) in [7, 11) is 2.20. The molecule has 4 heteroatoms. The molecule has 1 aromatic carbocycles. The van der Waals surface area contributed by atoms with E-state index in [4.69, 9.17) is 0 Å². The highest BCUT2D eigenvalue weighted by Crippen LogP contribution is 2.24. The van der Waals surface area contributed by atoms with Gasteiger partial charge in [0.05, 0.1) is 0 Å². The number of para-hydroxylation sites is 1. The summed E-state index contributed by atoms with van der Waals surface area (Å²) >= 11 is 0. The van der Waals surface area contributed by atoms with Crippen molar-refractivity contribution in [1.29, 1.82) is 0 Å². The first-order valence-electron chi connectivity index (χ1n) is 8.53. The van der Waals surface area contributed by atoms with Crippen molar-refractivity contribution in [2.45, 2.75) is 58.0 Å². The lowest BCUT2D eigenvalue weighted by molar-refractivity contribution is 0.185. The van der Waals surface area contributed by atoms with Crippen molar-refractivity contribution >= 4 is 11.7 Å². The van der Waals surface area contributed by atoms with E-state index in [1.165, 1.54) is 37.7 Å². The van der Waals surface area contributed by atoms with Crippen molar-refractivity contribution in [3.8, 4) is 0 Å². The molecule has 0 saturated heterocycles. The van der Waals surface area contributed by atoms with Gasteiger partial charge in [-0.1, -0.05) is 44.4 Å². The molecule has 22 heavy (non-hydrogen) atoms. The van der Waals surface area contributed by atoms with E-state index in [1.54, 1.807) is 0 Å². The fraction of sp³-hybridized carbons (Fsp3) is 0.611. The van der Waals surface area contributed by atoms with E-state index in [0.29, 0.717) is 12.6 Å². The smallest absolute Gasteiger partial charge is 0.319 e. The Balaban J connectivity index is 1.96. The summed E-state index contributed by atoms with van der Waals surface area (Å²) in [5.74, 6) is 0. The van der Waals surface area contributed by atoms with Gasteiger partial charge in [0.2, 0.25) is 0 Å². The van der Waals surface area contributed by atoms with Crippen molar-refractivity contribution in [1.82, 2.24) is 10.2 Å². The summed E-state index contributed by atoms with van der Waals surface area (Å²) in [5, 5.41) is 5.84. The molecule has 1 aromatic rings. The number of amides is 2. The van der Waals surface area contributed by atoms with E-state index in [1.807, 2.05) is 25.1 Å². The lowest BCUT2D eigenvalue weighted by Crippen LogP contribution is -2.33. The molecule has 1 fully saturated rings. The minimum atomic E-state index is -0.116. The number of carbonyl (C=O) groups excluding carboxylic acids is 1. The molecule has 122 valence electrons. The van der Waals surface area contributed by atoms with E-state index in [0.717, 1.165) is 18.7 Å². The third-order valence-corrected chi connectivity index (χ3v) is 4.42. The molecule has 2 N–H and O–H groups in total. The Bertz CT molecular complexity index is 469. The molecule has 2 amide bonds. The van der Waals surface area contributed by atoms with Gasteiger partial charge in [-0.3, -0.25) is 4.90 Å². The Labute approximate surface area is 134 Å². The van der Waals surface area contributed by atoms with Gasteiger partial charge in [-0.2, -0.15) is 0 Å². The van der Waals surface area contributed by atoms with Gasteiger partial charge in [0.1, 0.15) is 0 Å². The largest absolute Gasteiger partial charge is 0.338 e. The predicted molar refractivity (Wildman–Crippen MR) is 92.1 cm³/mol. The number of carbonyl (C=O) groups is 1. The lowest BCUT2D eigenvalue weighted by atomic mass is 9.94. The summed E-state index contributed by atoms with van der Waals surface area (Å²) in [6, 6.07) is 8.66. The molecular formula is C18H29N3O. The van der Waals surface area contributed by atoms with Gasteiger partial charge >= 0.3 is 6.03 Å². The molecule has 1 aliphatic rings. The zero-order valence-corrected chi connectivity index (χ0v) is 13.9. The van der Waals surface area contributed by atoms with Crippen molar-refractivity contribution in [3.63, 3.8) is 0 Å². The number of nitrogens with one attached hydrogen (secondary N) is 2. The number of nitrogens with zero attached hydrogens (tertiary/aromatic N) is 1. The van der Waals surface area contributed by atoms with Crippen LogP contribution in [0.25, 0.3) is 0 Å². The van der Waals surface area contributed by atoms with Crippen LogP contribution in [0.3, 0.4) is 0 Å². The van der Waals surface area contributed by atoms with Crippen LogP contribution in [-0.2, 0) is 6.54 Å². The average Bonchev–Trinajstić information content (AvgIpc) is 2.55. The highest BCUT2D eigenvalue weighted by atomic mass is 16.2. The van der Waals surface area contributed by atoms with Gasteiger partial charge in [-0.15, -0.1) is 0 Å². The van der Waals surface area contributed by atoms with Crippen LogP contribution >= 0.6 is 0 Å². The molecule has 0 unspecified atom stereocenters. The van der Waals surface area contributed by atoms with E-state index in [2.05, 4.69) is 28.6 Å². The van der Waals surface area contributed by atoms with E-state index >= 15 is 0 Å². The summed E-state index contributed by atoms with van der Waals surface area (Å²) in [6.07, 6.45) is 7.59. The van der Waals surface area contributed by atoms with Gasteiger partial charge < -0.3 is 10.6 Å². The first kappa shape index (κ1) is 16.8. The molecule has 4 nitrogen and oxygen atoms in total. The van der Waals surface area contributed by atoms with Crippen LogP contribution in [0.1, 0.15) is 51.0 Å². The van der Waals surface area contributed by atoms with Crippen LogP contribution in [0.5, 0.6) is 0 Å². The molecular weight excluding hydrogens is 274 g/mol. The zero-order chi connectivity index (χ0) is 15.8. The Morgan fingerprint density at radius 1 is 1.23 bits per heavy atom. The number of hydrogen-bond acceptors (Lipinski definition) is 2. The fourth-order valence-corrected chi connectivity index (χ4v) is 3.10. The third kappa shape index (κ3) is 5.02. The summed E-state index contributed by atoms with van der Waals surface area (Å²) in [5.41, 5.74) is 2.10. The average molecular weight is 303 g/mol. The Morgan fingerprint density at radius 2 is 1.95 bits per heavy atom. The molecule has 0 spiro atoms. The predicted octanol–water partition coefficient (Wildman–Crippen LogP) is 3.98. The zero-order valence-electron chi connectivity index (χ0n) is 13.9. The van der Waals surface area contributed by atoms with Crippen molar-refractivity contribution < 1.29 is 4.79 Å². The molecule has 0 radical (unpaired) electrons. The van der Waals surface area contributed by atoms with Crippen molar-refractivity contribution in [3.05, 3.63) is 29.8 Å². The quantitative estimate of drug-likeness (QED) is 0.835. The van der Waals surface area contributed by atoms with Crippen LogP contribution in [0.15, 0.2) is 24.3 Å². The van der Waals surface area contributed by atoms with Crippen molar-refractivity contribution in [2.75, 3.05) is 18.9 Å². The first-order chi connectivity index (χ1) is 10.7. The Hall–Kier alpha value is -1.55. The molecule has 2 rings (SSSR count). The van der Waals surface area contributed by atoms with E-state index in [9.17, 15) is 4.79 Å². The molecule has 1 aliphatic carbocycles. The van der Waals surface area contributed by atoms with Gasteiger partial charge in [-0.25, -0.2) is 4.79 Å². The normalized spacial score (nSPS) is 15.8. The molecule has 0 aliphatic heterocycles. The summed E-state index contributed by atoms with van der Waals surface area (Å²) < 4.78 is 0. The maximum absolute atomic E-state index is 11.9. The number of benzene rings is 1. The Kier molecular flexibility index (Phi) is 6.72. The standard InChI is InChI=1S/C18H29N3O/c1-3-13-19-18(22)20-17-12-8-7-9-15(17)14-21(2)16-10-5-4-6-11-16/h7-9,12,16H,3-6,10-11,13-14H2,1-2H3,(H2,19,20,22). The fourth-order valence-electron chi connectivity index (χ4n) is 3.10. The van der Waals surface area contributed by atoms with Gasteiger partial charge in [-0.05, 0) is 37.9 Å². The third-order valence-electron chi connectivity index (χ3n) is 4.42. The minimum absolute atomic E-state index is 0.116. The van der Waals surface area contributed by atoms with E-state index in [-0.39, 0.29) is 6.03 Å². The van der Waals surface area contributed by atoms with Crippen LogP contribution in [0.4, 0.5) is 10.5 Å². The first-order valence-corrected chi connectivity index (χ1v) is 8.53. The number of urea groups is 1. The van der Waals surface area contributed by atoms with Gasteiger partial charge in [0.15, 0.2) is 0 Å². The lowest BCUT2D eigenvalue weighted by Gasteiger charge is -2.31. The monoisotopic (exact) mass is 303 g/mol. The molecule has 0 bridgehead atoms. The highest BCUT2D eigenvalue weighted by Gasteiger charge is 2.19. The van der Waals surface area contributed by atoms with Gasteiger partial charge in [0, 0.05) is 24.8 Å². The van der Waals surface area contributed by atoms with Crippen molar-refractivity contribution in [2.24, 2.45) is 0 Å². The van der Waals surface area contributed by atoms with Crippen LogP contribution in [0.2, 0.25) is 0 Å². The minimum Gasteiger partial charge on any atom is -0.338 e. The SMILES string of the molecule is CCCNC(=O)Nc1ccccc1CN(C)C1CCCCC1. The maximum Gasteiger partial charge on any atom is 0.319 e. The molecule has 1 saturated carbocycles. The second kappa shape index (κ2) is 8.79. The second-order valence-corrected chi connectivity index (χ2v) is 6.24.